The van der Waals surface area contributed by atoms with Gasteiger partial charge in [-0.05, 0) is 53.2 Å². The molecule has 0 saturated carbocycles. The van der Waals surface area contributed by atoms with E-state index in [0.717, 1.165) is 0 Å². The molecule has 7 nitrogen and oxygen atoms in total. The molecule has 1 heterocycles. The van der Waals surface area contributed by atoms with Gasteiger partial charge in [-0.15, -0.1) is 0 Å². The summed E-state index contributed by atoms with van der Waals surface area (Å²) in [5.41, 5.74) is 1.54. The molecule has 9 heteroatoms. The van der Waals surface area contributed by atoms with E-state index in [1.807, 2.05) is 6.92 Å². The van der Waals surface area contributed by atoms with Gasteiger partial charge < -0.3 is 14.8 Å². The van der Waals surface area contributed by atoms with E-state index in [2.05, 4.69) is 31.3 Å². The van der Waals surface area contributed by atoms with Gasteiger partial charge in [-0.2, -0.15) is 5.10 Å². The predicted molar refractivity (Wildman–Crippen MR) is 106 cm³/mol. The maximum Gasteiger partial charge on any atom is 0.255 e. The number of aromatic nitrogens is 3. The Balaban J connectivity index is 1.95. The van der Waals surface area contributed by atoms with Crippen LogP contribution in [0.25, 0.3) is 5.69 Å². The molecule has 0 saturated heterocycles. The van der Waals surface area contributed by atoms with Crippen molar-refractivity contribution in [1.29, 1.82) is 0 Å². The molecule has 1 amide bonds. The first kappa shape index (κ1) is 19.2. The van der Waals surface area contributed by atoms with Gasteiger partial charge in [0.2, 0.25) is 0 Å². The van der Waals surface area contributed by atoms with Crippen LogP contribution < -0.4 is 14.8 Å². The van der Waals surface area contributed by atoms with Gasteiger partial charge in [0.15, 0.2) is 11.5 Å². The minimum atomic E-state index is -0.333. The van der Waals surface area contributed by atoms with Crippen LogP contribution in [0.5, 0.6) is 11.5 Å². The van der Waals surface area contributed by atoms with E-state index in [0.29, 0.717) is 44.5 Å². The summed E-state index contributed by atoms with van der Waals surface area (Å²) in [4.78, 5) is 16.8. The third kappa shape index (κ3) is 4.23. The Morgan fingerprint density at radius 2 is 2.15 bits per heavy atom. The zero-order valence-electron chi connectivity index (χ0n) is 14.6. The smallest absolute Gasteiger partial charge is 0.255 e. The number of amides is 1. The standard InChI is InChI=1S/C18H16BrClN4O3/c1-3-27-17-13(19)6-11(7-16(17)26-2)18(25)23-14-8-12(20)4-5-15(14)24-10-21-9-22-24/h4-10H,3H2,1-2H3,(H,23,25). The molecule has 1 N–H and O–H groups in total. The molecule has 0 aliphatic carbocycles. The molecule has 0 atom stereocenters. The normalized spacial score (nSPS) is 10.5. The fourth-order valence-electron chi connectivity index (χ4n) is 2.47. The fraction of sp³-hybridized carbons (Fsp3) is 0.167. The van der Waals surface area contributed by atoms with Crippen LogP contribution in [0.15, 0.2) is 47.5 Å². The van der Waals surface area contributed by atoms with Crippen molar-refractivity contribution < 1.29 is 14.3 Å². The third-order valence-electron chi connectivity index (χ3n) is 3.65. The number of rotatable bonds is 6. The minimum absolute atomic E-state index is 0.333. The number of halogens is 2. The Morgan fingerprint density at radius 1 is 1.33 bits per heavy atom. The largest absolute Gasteiger partial charge is 0.493 e. The molecule has 0 radical (unpaired) electrons. The van der Waals surface area contributed by atoms with E-state index >= 15 is 0 Å². The number of ether oxygens (including phenoxy) is 2. The van der Waals surface area contributed by atoms with Gasteiger partial charge in [0.25, 0.3) is 5.91 Å². The van der Waals surface area contributed by atoms with Gasteiger partial charge in [0.05, 0.1) is 29.6 Å². The molecular weight excluding hydrogens is 436 g/mol. The topological polar surface area (TPSA) is 78.3 Å². The maximum atomic E-state index is 12.8. The van der Waals surface area contributed by atoms with Crippen molar-refractivity contribution in [1.82, 2.24) is 14.8 Å². The second-order valence-corrected chi connectivity index (χ2v) is 6.67. The summed E-state index contributed by atoms with van der Waals surface area (Å²) in [7, 11) is 1.52. The van der Waals surface area contributed by atoms with E-state index < -0.39 is 0 Å². The van der Waals surface area contributed by atoms with Crippen LogP contribution in [0.3, 0.4) is 0 Å². The Morgan fingerprint density at radius 3 is 2.81 bits per heavy atom. The second kappa shape index (κ2) is 8.41. The molecule has 140 valence electrons. The van der Waals surface area contributed by atoms with Crippen LogP contribution in [-0.4, -0.2) is 34.4 Å². The van der Waals surface area contributed by atoms with Gasteiger partial charge in [-0.1, -0.05) is 11.6 Å². The molecule has 27 heavy (non-hydrogen) atoms. The number of nitrogens with zero attached hydrogens (tertiary/aromatic N) is 3. The fourth-order valence-corrected chi connectivity index (χ4v) is 3.20. The van der Waals surface area contributed by atoms with Crippen LogP contribution in [0.4, 0.5) is 5.69 Å². The zero-order chi connectivity index (χ0) is 19.4. The first-order chi connectivity index (χ1) is 13.0. The van der Waals surface area contributed by atoms with Gasteiger partial charge in [0, 0.05) is 10.6 Å². The van der Waals surface area contributed by atoms with Crippen LogP contribution >= 0.6 is 27.5 Å². The van der Waals surface area contributed by atoms with Crippen molar-refractivity contribution in [3.05, 3.63) is 58.0 Å². The lowest BCUT2D eigenvalue weighted by atomic mass is 10.1. The predicted octanol–water partition coefficient (Wildman–Crippen LogP) is 4.34. The summed E-state index contributed by atoms with van der Waals surface area (Å²) in [5, 5.41) is 7.44. The second-order valence-electron chi connectivity index (χ2n) is 5.38. The maximum absolute atomic E-state index is 12.8. The lowest BCUT2D eigenvalue weighted by Gasteiger charge is -2.14. The van der Waals surface area contributed by atoms with E-state index in [1.165, 1.54) is 19.8 Å². The first-order valence-corrected chi connectivity index (χ1v) is 9.16. The molecule has 0 aliphatic heterocycles. The molecule has 1 aromatic heterocycles. The van der Waals surface area contributed by atoms with Crippen molar-refractivity contribution in [3.8, 4) is 17.2 Å². The summed E-state index contributed by atoms with van der Waals surface area (Å²) in [6.45, 7) is 2.35. The molecule has 0 spiro atoms. The Hall–Kier alpha value is -2.58. The first-order valence-electron chi connectivity index (χ1n) is 7.99. The highest BCUT2D eigenvalue weighted by molar-refractivity contribution is 9.10. The number of hydrogen-bond donors (Lipinski definition) is 1. The van der Waals surface area contributed by atoms with E-state index in [9.17, 15) is 4.79 Å². The van der Waals surface area contributed by atoms with E-state index in [4.69, 9.17) is 21.1 Å². The zero-order valence-corrected chi connectivity index (χ0v) is 16.9. The van der Waals surface area contributed by atoms with Crippen molar-refractivity contribution in [2.45, 2.75) is 6.92 Å². The number of nitrogens with one attached hydrogen (secondary N) is 1. The van der Waals surface area contributed by atoms with Gasteiger partial charge >= 0.3 is 0 Å². The quantitative estimate of drug-likeness (QED) is 0.603. The summed E-state index contributed by atoms with van der Waals surface area (Å²) in [6.07, 6.45) is 2.95. The van der Waals surface area contributed by atoms with Crippen molar-refractivity contribution in [2.75, 3.05) is 19.0 Å². The lowest BCUT2D eigenvalue weighted by Crippen LogP contribution is -2.14. The number of carbonyl (C=O) groups is 1. The molecular formula is C18H16BrClN4O3. The van der Waals surface area contributed by atoms with Gasteiger partial charge in [0.1, 0.15) is 12.7 Å². The molecule has 3 rings (SSSR count). The number of carbonyl (C=O) groups excluding carboxylic acids is 1. The molecule has 2 aromatic carbocycles. The average Bonchev–Trinajstić information content (AvgIpc) is 3.17. The minimum Gasteiger partial charge on any atom is -0.493 e. The van der Waals surface area contributed by atoms with E-state index in [-0.39, 0.29) is 5.91 Å². The Kier molecular flexibility index (Phi) is 5.98. The Bertz CT molecular complexity index is 963. The van der Waals surface area contributed by atoms with Gasteiger partial charge in [-0.25, -0.2) is 9.67 Å². The number of methoxy groups -OCH3 is 1. The van der Waals surface area contributed by atoms with E-state index in [1.54, 1.807) is 35.0 Å². The highest BCUT2D eigenvalue weighted by Gasteiger charge is 2.17. The van der Waals surface area contributed by atoms with Crippen LogP contribution in [-0.2, 0) is 0 Å². The Labute approximate surface area is 169 Å². The van der Waals surface area contributed by atoms with Crippen molar-refractivity contribution >= 4 is 39.1 Å². The number of anilines is 1. The highest BCUT2D eigenvalue weighted by Crippen LogP contribution is 2.37. The highest BCUT2D eigenvalue weighted by atomic mass is 79.9. The summed E-state index contributed by atoms with van der Waals surface area (Å²) >= 11 is 9.52. The van der Waals surface area contributed by atoms with Crippen LogP contribution in [0, 0.1) is 0 Å². The number of benzene rings is 2. The van der Waals surface area contributed by atoms with Gasteiger partial charge in [-0.3, -0.25) is 4.79 Å². The van der Waals surface area contributed by atoms with Crippen LogP contribution in [0.1, 0.15) is 17.3 Å². The SMILES string of the molecule is CCOc1c(Br)cc(C(=O)Nc2cc(Cl)ccc2-n2cncn2)cc1OC. The monoisotopic (exact) mass is 450 g/mol. The molecule has 0 aliphatic rings. The molecule has 0 bridgehead atoms. The summed E-state index contributed by atoms with van der Waals surface area (Å²) in [5.74, 6) is 0.669. The summed E-state index contributed by atoms with van der Waals surface area (Å²) in [6, 6.07) is 8.40. The van der Waals surface area contributed by atoms with Crippen molar-refractivity contribution in [2.24, 2.45) is 0 Å². The third-order valence-corrected chi connectivity index (χ3v) is 4.48. The molecule has 3 aromatic rings. The summed E-state index contributed by atoms with van der Waals surface area (Å²) < 4.78 is 13.1. The molecule has 0 fully saturated rings. The van der Waals surface area contributed by atoms with Crippen LogP contribution in [0.2, 0.25) is 5.02 Å². The average molecular weight is 452 g/mol. The van der Waals surface area contributed by atoms with Crippen molar-refractivity contribution in [3.63, 3.8) is 0 Å². The lowest BCUT2D eigenvalue weighted by molar-refractivity contribution is 0.102. The molecule has 0 unspecified atom stereocenters. The number of hydrogen-bond acceptors (Lipinski definition) is 5.